The Bertz CT molecular complexity index is 652. The van der Waals surface area contributed by atoms with E-state index >= 15 is 0 Å². The van der Waals surface area contributed by atoms with Crippen LogP contribution in [-0.2, 0) is 14.8 Å². The topological polar surface area (TPSA) is 83.6 Å². The fourth-order valence-corrected chi connectivity index (χ4v) is 3.54. The van der Waals surface area contributed by atoms with Crippen LogP contribution < -0.4 is 5.32 Å². The number of rotatable bonds is 4. The van der Waals surface area contributed by atoms with Crippen LogP contribution in [0.5, 0.6) is 0 Å². The van der Waals surface area contributed by atoms with Gasteiger partial charge in [-0.3, -0.25) is 9.59 Å². The highest BCUT2D eigenvalue weighted by Crippen LogP contribution is 2.22. The molecule has 1 aromatic carbocycles. The van der Waals surface area contributed by atoms with E-state index in [1.54, 1.807) is 24.3 Å². The molecule has 1 aliphatic heterocycles. The second kappa shape index (κ2) is 5.95. The van der Waals surface area contributed by atoms with Crippen molar-refractivity contribution in [2.75, 3.05) is 18.1 Å². The summed E-state index contributed by atoms with van der Waals surface area (Å²) in [4.78, 5) is 23.4. The van der Waals surface area contributed by atoms with Crippen molar-refractivity contribution < 1.29 is 18.0 Å². The molecule has 1 amide bonds. The summed E-state index contributed by atoms with van der Waals surface area (Å²) < 4.78 is 24.5. The molecular weight excluding hydrogens is 292 g/mol. The smallest absolute Gasteiger partial charge is 0.242 e. The molecule has 1 atom stereocenters. The summed E-state index contributed by atoms with van der Waals surface area (Å²) in [6, 6.07) is 5.86. The number of benzene rings is 1. The molecule has 1 aliphatic rings. The molecular formula is C14H18N2O4S. The van der Waals surface area contributed by atoms with E-state index in [1.807, 2.05) is 0 Å². The first kappa shape index (κ1) is 15.7. The molecule has 0 saturated carbocycles. The van der Waals surface area contributed by atoms with Gasteiger partial charge in [-0.1, -0.05) is 0 Å². The van der Waals surface area contributed by atoms with Crippen LogP contribution in [0.1, 0.15) is 30.1 Å². The Hall–Kier alpha value is -1.73. The molecule has 0 aromatic heterocycles. The summed E-state index contributed by atoms with van der Waals surface area (Å²) in [5.41, 5.74) is 1.11. The third-order valence-electron chi connectivity index (χ3n) is 3.49. The summed E-state index contributed by atoms with van der Waals surface area (Å²) in [6.07, 6.45) is 2.30. The summed E-state index contributed by atoms with van der Waals surface area (Å²) >= 11 is 0. The maximum atomic E-state index is 12.2. The molecule has 0 spiro atoms. The molecule has 7 heteroatoms. The van der Waals surface area contributed by atoms with E-state index in [1.165, 1.54) is 11.2 Å². The summed E-state index contributed by atoms with van der Waals surface area (Å²) in [5, 5.41) is 2.70. The second-order valence-corrected chi connectivity index (χ2v) is 7.09. The molecule has 1 saturated heterocycles. The lowest BCUT2D eigenvalue weighted by Gasteiger charge is -2.21. The zero-order valence-corrected chi connectivity index (χ0v) is 12.8. The van der Waals surface area contributed by atoms with Gasteiger partial charge in [0.15, 0.2) is 5.78 Å². The third-order valence-corrected chi connectivity index (χ3v) is 4.78. The lowest BCUT2D eigenvalue weighted by Crippen LogP contribution is -2.42. The number of sulfonamides is 1. The highest BCUT2D eigenvalue weighted by molar-refractivity contribution is 7.88. The van der Waals surface area contributed by atoms with Gasteiger partial charge in [0.25, 0.3) is 0 Å². The maximum absolute atomic E-state index is 12.2. The van der Waals surface area contributed by atoms with E-state index in [4.69, 9.17) is 0 Å². The highest BCUT2D eigenvalue weighted by atomic mass is 32.2. The normalized spacial score (nSPS) is 19.4. The quantitative estimate of drug-likeness (QED) is 0.848. The third kappa shape index (κ3) is 3.68. The van der Waals surface area contributed by atoms with Gasteiger partial charge in [0.1, 0.15) is 6.04 Å². The van der Waals surface area contributed by atoms with Crippen LogP contribution in [0, 0.1) is 0 Å². The van der Waals surface area contributed by atoms with Gasteiger partial charge < -0.3 is 5.32 Å². The van der Waals surface area contributed by atoms with Crippen LogP contribution in [-0.4, -0.2) is 43.3 Å². The first-order chi connectivity index (χ1) is 9.79. The zero-order valence-electron chi connectivity index (χ0n) is 12.0. The Morgan fingerprint density at radius 2 is 1.86 bits per heavy atom. The monoisotopic (exact) mass is 310 g/mol. The Morgan fingerprint density at radius 1 is 1.24 bits per heavy atom. The number of nitrogens with one attached hydrogen (secondary N) is 1. The van der Waals surface area contributed by atoms with Gasteiger partial charge in [-0.2, -0.15) is 4.31 Å². The van der Waals surface area contributed by atoms with Crippen LogP contribution in [0.25, 0.3) is 0 Å². The van der Waals surface area contributed by atoms with Crippen molar-refractivity contribution >= 4 is 27.4 Å². The minimum atomic E-state index is -3.38. The number of amides is 1. The molecule has 1 N–H and O–H groups in total. The Labute approximate surface area is 124 Å². The predicted octanol–water partition coefficient (Wildman–Crippen LogP) is 1.25. The number of hydrogen-bond acceptors (Lipinski definition) is 4. The molecule has 0 aliphatic carbocycles. The van der Waals surface area contributed by atoms with E-state index in [-0.39, 0.29) is 11.7 Å². The lowest BCUT2D eigenvalue weighted by molar-refractivity contribution is -0.119. The molecule has 1 aromatic rings. The fraction of sp³-hybridized carbons (Fsp3) is 0.429. The van der Waals surface area contributed by atoms with E-state index in [0.29, 0.717) is 30.6 Å². The van der Waals surface area contributed by atoms with Crippen molar-refractivity contribution in [1.29, 1.82) is 0 Å². The molecule has 0 unspecified atom stereocenters. The molecule has 0 bridgehead atoms. The molecule has 1 fully saturated rings. The van der Waals surface area contributed by atoms with Gasteiger partial charge in [-0.05, 0) is 44.0 Å². The number of nitrogens with zero attached hydrogens (tertiary/aromatic N) is 1. The van der Waals surface area contributed by atoms with Gasteiger partial charge in [-0.15, -0.1) is 0 Å². The Balaban J connectivity index is 2.09. The van der Waals surface area contributed by atoms with Gasteiger partial charge in [-0.25, -0.2) is 8.42 Å². The molecule has 0 radical (unpaired) electrons. The van der Waals surface area contributed by atoms with E-state index < -0.39 is 16.1 Å². The number of ketones is 1. The minimum absolute atomic E-state index is 0.0491. The van der Waals surface area contributed by atoms with Crippen LogP contribution >= 0.6 is 0 Å². The first-order valence-corrected chi connectivity index (χ1v) is 8.52. The number of carbonyl (C=O) groups excluding carboxylic acids is 2. The standard InChI is InChI=1S/C14H18N2O4S/c1-10(17)11-5-7-12(8-6-11)15-14(18)13-4-3-9-16(13)21(2,19)20/h5-8,13H,3-4,9H2,1-2H3,(H,15,18)/t13-/m1/s1. The minimum Gasteiger partial charge on any atom is -0.325 e. The van der Waals surface area contributed by atoms with Crippen LogP contribution in [0.4, 0.5) is 5.69 Å². The van der Waals surface area contributed by atoms with Crippen LogP contribution in [0.3, 0.4) is 0 Å². The highest BCUT2D eigenvalue weighted by Gasteiger charge is 2.36. The predicted molar refractivity (Wildman–Crippen MR) is 79.6 cm³/mol. The number of Topliss-reactive ketones (excluding diaryl/α,β-unsaturated/α-hetero) is 1. The van der Waals surface area contributed by atoms with Gasteiger partial charge in [0.2, 0.25) is 15.9 Å². The molecule has 1 heterocycles. The van der Waals surface area contributed by atoms with Crippen molar-refractivity contribution in [2.24, 2.45) is 0 Å². The van der Waals surface area contributed by atoms with E-state index in [2.05, 4.69) is 5.32 Å². The van der Waals surface area contributed by atoms with Crippen LogP contribution in [0.15, 0.2) is 24.3 Å². The lowest BCUT2D eigenvalue weighted by atomic mass is 10.1. The largest absolute Gasteiger partial charge is 0.325 e. The zero-order chi connectivity index (χ0) is 15.6. The van der Waals surface area contributed by atoms with Gasteiger partial charge in [0, 0.05) is 17.8 Å². The van der Waals surface area contributed by atoms with Crippen molar-refractivity contribution in [1.82, 2.24) is 4.31 Å². The first-order valence-electron chi connectivity index (χ1n) is 6.68. The van der Waals surface area contributed by atoms with Crippen molar-refractivity contribution in [2.45, 2.75) is 25.8 Å². The fourth-order valence-electron chi connectivity index (χ4n) is 2.41. The van der Waals surface area contributed by atoms with Crippen molar-refractivity contribution in [3.8, 4) is 0 Å². The number of anilines is 1. The van der Waals surface area contributed by atoms with E-state index in [9.17, 15) is 18.0 Å². The Morgan fingerprint density at radius 3 is 2.38 bits per heavy atom. The second-order valence-electron chi connectivity index (χ2n) is 5.15. The van der Waals surface area contributed by atoms with Crippen molar-refractivity contribution in [3.05, 3.63) is 29.8 Å². The molecule has 2 rings (SSSR count). The maximum Gasteiger partial charge on any atom is 0.242 e. The molecule has 6 nitrogen and oxygen atoms in total. The van der Waals surface area contributed by atoms with Gasteiger partial charge in [0.05, 0.1) is 6.26 Å². The van der Waals surface area contributed by atoms with Crippen molar-refractivity contribution in [3.63, 3.8) is 0 Å². The van der Waals surface area contributed by atoms with Crippen LogP contribution in [0.2, 0.25) is 0 Å². The average molecular weight is 310 g/mol. The summed E-state index contributed by atoms with van der Waals surface area (Å²) in [6.45, 7) is 1.84. The summed E-state index contributed by atoms with van der Waals surface area (Å²) in [5.74, 6) is -0.388. The van der Waals surface area contributed by atoms with Gasteiger partial charge >= 0.3 is 0 Å². The molecule has 21 heavy (non-hydrogen) atoms. The number of carbonyl (C=O) groups is 2. The number of hydrogen-bond donors (Lipinski definition) is 1. The molecule has 114 valence electrons. The Kier molecular flexibility index (Phi) is 4.43. The SMILES string of the molecule is CC(=O)c1ccc(NC(=O)[C@H]2CCCN2S(C)(=O)=O)cc1. The average Bonchev–Trinajstić information content (AvgIpc) is 2.88. The summed E-state index contributed by atoms with van der Waals surface area (Å²) in [7, 11) is -3.38. The van der Waals surface area contributed by atoms with E-state index in [0.717, 1.165) is 6.26 Å².